The minimum atomic E-state index is -0.358. The lowest BCUT2D eigenvalue weighted by Gasteiger charge is -2.24. The number of benzene rings is 3. The number of carbonyl (C=O) groups excluding carboxylic acids is 1. The van der Waals surface area contributed by atoms with E-state index in [1.54, 1.807) is 31.4 Å². The monoisotopic (exact) mass is 479 g/mol. The van der Waals surface area contributed by atoms with Crippen LogP contribution in [0, 0.1) is 18.2 Å². The Morgan fingerprint density at radius 2 is 1.80 bits per heavy atom. The third-order valence-electron chi connectivity index (χ3n) is 6.19. The summed E-state index contributed by atoms with van der Waals surface area (Å²) in [6.45, 7) is 3.05. The lowest BCUT2D eigenvalue weighted by Crippen LogP contribution is -2.35. The second-order valence-corrected chi connectivity index (χ2v) is 8.50. The fourth-order valence-corrected chi connectivity index (χ4v) is 4.28. The average molecular weight is 480 g/mol. The van der Waals surface area contributed by atoms with Crippen molar-refractivity contribution >= 4 is 11.6 Å². The van der Waals surface area contributed by atoms with Crippen LogP contribution in [0.1, 0.15) is 35.4 Å². The molecule has 1 aliphatic rings. The van der Waals surface area contributed by atoms with E-state index in [-0.39, 0.29) is 36.0 Å². The molecule has 0 aliphatic carbocycles. The number of halogens is 2. The molecular weight excluding hydrogens is 450 g/mol. The predicted molar refractivity (Wildman–Crippen MR) is 131 cm³/mol. The summed E-state index contributed by atoms with van der Waals surface area (Å²) in [4.78, 5) is 13.2. The molecule has 1 amide bonds. The van der Waals surface area contributed by atoms with Gasteiger partial charge in [-0.1, -0.05) is 30.3 Å². The van der Waals surface area contributed by atoms with Crippen molar-refractivity contribution in [2.75, 3.05) is 25.6 Å². The van der Waals surface area contributed by atoms with Gasteiger partial charge >= 0.3 is 0 Å². The largest absolute Gasteiger partial charge is 0.497 e. The number of rotatable bonds is 9. The maximum Gasteiger partial charge on any atom is 0.225 e. The summed E-state index contributed by atoms with van der Waals surface area (Å²) in [5.41, 5.74) is 2.62. The molecule has 7 heteroatoms. The summed E-state index contributed by atoms with van der Waals surface area (Å²) >= 11 is 0. The molecule has 1 aliphatic heterocycles. The molecule has 2 atom stereocenters. The highest BCUT2D eigenvalue weighted by atomic mass is 19.1. The number of hydrogen-bond donors (Lipinski definition) is 2. The first-order valence-electron chi connectivity index (χ1n) is 11.7. The number of ether oxygens (including phenoxy) is 2. The van der Waals surface area contributed by atoms with Gasteiger partial charge in [-0.25, -0.2) is 8.78 Å². The predicted octanol–water partition coefficient (Wildman–Crippen LogP) is 5.22. The summed E-state index contributed by atoms with van der Waals surface area (Å²) in [5.74, 6) is -0.561. The molecule has 3 aromatic rings. The molecule has 1 heterocycles. The Bertz CT molecular complexity index is 1110. The lowest BCUT2D eigenvalue weighted by atomic mass is 9.88. The molecule has 0 saturated carbocycles. The van der Waals surface area contributed by atoms with Gasteiger partial charge in [-0.05, 0) is 60.4 Å². The van der Waals surface area contributed by atoms with Crippen molar-refractivity contribution in [1.82, 2.24) is 5.32 Å². The van der Waals surface area contributed by atoms with Crippen LogP contribution in [0.2, 0.25) is 0 Å². The molecule has 0 unspecified atom stereocenters. The first-order chi connectivity index (χ1) is 17.0. The van der Waals surface area contributed by atoms with Gasteiger partial charge in [0.1, 0.15) is 17.4 Å². The van der Waals surface area contributed by atoms with E-state index in [4.69, 9.17) is 9.47 Å². The van der Waals surface area contributed by atoms with Gasteiger partial charge in [0.05, 0.1) is 19.8 Å². The van der Waals surface area contributed by atoms with Crippen molar-refractivity contribution in [3.8, 4) is 5.75 Å². The Labute approximate surface area is 204 Å². The lowest BCUT2D eigenvalue weighted by molar-refractivity contribution is -0.116. The summed E-state index contributed by atoms with van der Waals surface area (Å²) in [6, 6.07) is 18.3. The standard InChI is InChI=1S/C28H29F2N2O3/c1-34-22-11-7-20(8-12-22)25(19-5-9-21(29)10-6-19)17-28(33)32-27-4-2-3-26(30)24(27)14-13-23-18-31-15-16-35-23/h2-12,15,23,25,31H,13-14,16-18H2,1H3,(H,32,33)/t23-,25-/m1/s1. The average Bonchev–Trinajstić information content (AvgIpc) is 2.88. The van der Waals surface area contributed by atoms with Crippen molar-refractivity contribution in [3.63, 3.8) is 0 Å². The van der Waals surface area contributed by atoms with Crippen molar-refractivity contribution in [1.29, 1.82) is 0 Å². The van der Waals surface area contributed by atoms with Crippen LogP contribution in [0.5, 0.6) is 5.75 Å². The number of morpholine rings is 1. The quantitative estimate of drug-likeness (QED) is 0.442. The maximum atomic E-state index is 14.7. The third-order valence-corrected chi connectivity index (χ3v) is 6.19. The molecule has 0 spiro atoms. The molecule has 1 radical (unpaired) electrons. The summed E-state index contributed by atoms with van der Waals surface area (Å²) in [6.07, 6.45) is 1.17. The van der Waals surface area contributed by atoms with Crippen molar-refractivity contribution < 1.29 is 23.0 Å². The fourth-order valence-electron chi connectivity index (χ4n) is 4.28. The van der Waals surface area contributed by atoms with E-state index in [1.165, 1.54) is 18.2 Å². The Hall–Kier alpha value is -3.29. The molecule has 35 heavy (non-hydrogen) atoms. The molecule has 5 nitrogen and oxygen atoms in total. The summed E-state index contributed by atoms with van der Waals surface area (Å²) in [5, 5.41) is 6.05. The first-order valence-corrected chi connectivity index (χ1v) is 11.7. The number of anilines is 1. The highest BCUT2D eigenvalue weighted by Gasteiger charge is 2.21. The minimum Gasteiger partial charge on any atom is -0.497 e. The van der Waals surface area contributed by atoms with Crippen molar-refractivity contribution in [3.05, 3.63) is 102 Å². The molecule has 1 saturated heterocycles. The van der Waals surface area contributed by atoms with Crippen molar-refractivity contribution in [2.45, 2.75) is 31.3 Å². The van der Waals surface area contributed by atoms with E-state index < -0.39 is 0 Å². The van der Waals surface area contributed by atoms with Gasteiger partial charge in [0.2, 0.25) is 5.91 Å². The van der Waals surface area contributed by atoms with Crippen LogP contribution in [0.25, 0.3) is 0 Å². The molecule has 3 aromatic carbocycles. The van der Waals surface area contributed by atoms with Crippen molar-refractivity contribution in [2.24, 2.45) is 0 Å². The van der Waals surface area contributed by atoms with Crippen LogP contribution in [0.3, 0.4) is 0 Å². The number of amides is 1. The van der Waals surface area contributed by atoms with E-state index in [1.807, 2.05) is 30.8 Å². The van der Waals surface area contributed by atoms with Gasteiger partial charge in [-0.2, -0.15) is 0 Å². The van der Waals surface area contributed by atoms with Crippen LogP contribution in [0.4, 0.5) is 14.5 Å². The molecular formula is C28H29F2N2O3. The van der Waals surface area contributed by atoms with E-state index >= 15 is 0 Å². The molecule has 4 rings (SSSR count). The normalized spacial score (nSPS) is 16.5. The molecule has 1 fully saturated rings. The first kappa shape index (κ1) is 24.8. The van der Waals surface area contributed by atoms with E-state index in [2.05, 4.69) is 10.6 Å². The van der Waals surface area contributed by atoms with E-state index in [9.17, 15) is 13.6 Å². The van der Waals surface area contributed by atoms with Gasteiger partial charge in [-0.15, -0.1) is 0 Å². The van der Waals surface area contributed by atoms with E-state index in [0.717, 1.165) is 11.1 Å². The highest BCUT2D eigenvalue weighted by Crippen LogP contribution is 2.31. The second kappa shape index (κ2) is 11.9. The smallest absolute Gasteiger partial charge is 0.225 e. The van der Waals surface area contributed by atoms with Crippen LogP contribution < -0.4 is 15.4 Å². The zero-order chi connectivity index (χ0) is 24.6. The number of methoxy groups -OCH3 is 1. The van der Waals surface area contributed by atoms with Crippen LogP contribution in [-0.4, -0.2) is 32.3 Å². The van der Waals surface area contributed by atoms with E-state index in [0.29, 0.717) is 43.0 Å². The zero-order valence-electron chi connectivity index (χ0n) is 19.6. The van der Waals surface area contributed by atoms with Crippen LogP contribution in [-0.2, 0) is 16.0 Å². The van der Waals surface area contributed by atoms with Crippen LogP contribution >= 0.6 is 0 Å². The van der Waals surface area contributed by atoms with Gasteiger partial charge in [0.15, 0.2) is 0 Å². The molecule has 2 N–H and O–H groups in total. The third kappa shape index (κ3) is 6.65. The summed E-state index contributed by atoms with van der Waals surface area (Å²) in [7, 11) is 1.59. The zero-order valence-corrected chi connectivity index (χ0v) is 19.6. The minimum absolute atomic E-state index is 0.0129. The number of carbonyl (C=O) groups is 1. The maximum absolute atomic E-state index is 14.7. The highest BCUT2D eigenvalue weighted by molar-refractivity contribution is 5.92. The fraction of sp³-hybridized carbons (Fsp3) is 0.286. The Morgan fingerprint density at radius 3 is 2.46 bits per heavy atom. The Kier molecular flexibility index (Phi) is 8.45. The second-order valence-electron chi connectivity index (χ2n) is 8.50. The molecule has 0 aromatic heterocycles. The number of hydrogen-bond acceptors (Lipinski definition) is 4. The van der Waals surface area contributed by atoms with Gasteiger partial charge in [-0.3, -0.25) is 4.79 Å². The molecule has 183 valence electrons. The SMILES string of the molecule is COc1ccc([C@H](CC(=O)Nc2cccc(F)c2CC[C@@H]2CN[CH]CO2)c2ccc(F)cc2)cc1. The number of nitrogens with one attached hydrogen (secondary N) is 2. The summed E-state index contributed by atoms with van der Waals surface area (Å²) < 4.78 is 39.2. The molecule has 0 bridgehead atoms. The van der Waals surface area contributed by atoms with Gasteiger partial charge < -0.3 is 20.1 Å². The van der Waals surface area contributed by atoms with Gasteiger partial charge in [0.25, 0.3) is 0 Å². The Balaban J connectivity index is 1.51. The van der Waals surface area contributed by atoms with Gasteiger partial charge in [0, 0.05) is 36.7 Å². The van der Waals surface area contributed by atoms with Crippen LogP contribution in [0.15, 0.2) is 66.7 Å². The topological polar surface area (TPSA) is 59.6 Å². The Morgan fingerprint density at radius 1 is 1.09 bits per heavy atom.